The second kappa shape index (κ2) is 8.84. The molecule has 1 N–H and O–H groups in total. The number of rotatable bonds is 4. The number of nitrogens with one attached hydrogen (secondary N) is 1. The van der Waals surface area contributed by atoms with Crippen molar-refractivity contribution in [2.24, 2.45) is 5.92 Å². The first kappa shape index (κ1) is 21.6. The molecule has 1 fully saturated rings. The number of carbonyl (C=O) groups is 1. The van der Waals surface area contributed by atoms with E-state index in [0.29, 0.717) is 37.4 Å². The molecular weight excluding hydrogens is 449 g/mol. The molecule has 0 aliphatic carbocycles. The normalized spacial score (nSPS) is 15.2. The number of carbonyl (C=O) groups excluding carboxylic acids is 1. The van der Waals surface area contributed by atoms with E-state index in [0.717, 1.165) is 22.8 Å². The number of piperidine rings is 1. The second-order valence-corrected chi connectivity index (χ2v) is 8.50. The van der Waals surface area contributed by atoms with Gasteiger partial charge in [-0.25, -0.2) is 9.97 Å². The monoisotopic (exact) mass is 466 g/mol. The molecular formula is C21H18ClF3N4OS. The highest BCUT2D eigenvalue weighted by atomic mass is 35.5. The standard InChI is InChI=1S/C21H18ClF3N4OS/c22-17-11-15(21(23,24)25)12-27-18(17)29-7-4-13(5-8-29)19(30)28-16-3-1-2-14(10-16)20-26-6-9-31-20/h1-3,6,9-13H,4-5,7-8H2,(H,28,30). The summed E-state index contributed by atoms with van der Waals surface area (Å²) in [5, 5.41) is 5.69. The quantitative estimate of drug-likeness (QED) is 0.533. The molecule has 0 bridgehead atoms. The molecule has 3 aromatic rings. The van der Waals surface area contributed by atoms with Gasteiger partial charge in [-0.15, -0.1) is 11.3 Å². The third-order valence-corrected chi connectivity index (χ3v) is 6.22. The zero-order valence-electron chi connectivity index (χ0n) is 16.2. The molecule has 1 amide bonds. The van der Waals surface area contributed by atoms with E-state index < -0.39 is 11.7 Å². The number of hydrogen-bond acceptors (Lipinski definition) is 5. The number of thiazole rings is 1. The summed E-state index contributed by atoms with van der Waals surface area (Å²) < 4.78 is 38.4. The molecule has 0 unspecified atom stereocenters. The van der Waals surface area contributed by atoms with Gasteiger partial charge in [0.2, 0.25) is 5.91 Å². The van der Waals surface area contributed by atoms with Crippen LogP contribution < -0.4 is 10.2 Å². The lowest BCUT2D eigenvalue weighted by molar-refractivity contribution is -0.137. The Morgan fingerprint density at radius 1 is 1.19 bits per heavy atom. The van der Waals surface area contributed by atoms with Gasteiger partial charge in [0.1, 0.15) is 10.8 Å². The van der Waals surface area contributed by atoms with Crippen molar-refractivity contribution in [3.8, 4) is 10.6 Å². The van der Waals surface area contributed by atoms with Crippen LogP contribution >= 0.6 is 22.9 Å². The number of halogens is 4. The summed E-state index contributed by atoms with van der Waals surface area (Å²) >= 11 is 7.57. The maximum Gasteiger partial charge on any atom is 0.417 e. The molecule has 1 aliphatic rings. The Hall–Kier alpha value is -2.65. The number of amides is 1. The van der Waals surface area contributed by atoms with E-state index in [4.69, 9.17) is 11.6 Å². The van der Waals surface area contributed by atoms with Crippen LogP contribution in [0.1, 0.15) is 18.4 Å². The van der Waals surface area contributed by atoms with Crippen LogP contribution in [0, 0.1) is 5.92 Å². The lowest BCUT2D eigenvalue weighted by atomic mass is 9.95. The van der Waals surface area contributed by atoms with Gasteiger partial charge >= 0.3 is 6.18 Å². The van der Waals surface area contributed by atoms with Crippen LogP contribution in [0.4, 0.5) is 24.7 Å². The lowest BCUT2D eigenvalue weighted by Crippen LogP contribution is -2.38. The van der Waals surface area contributed by atoms with E-state index in [-0.39, 0.29) is 16.8 Å². The minimum absolute atomic E-state index is 0.0447. The number of benzene rings is 1. The van der Waals surface area contributed by atoms with Crippen molar-refractivity contribution in [2.45, 2.75) is 19.0 Å². The molecule has 0 saturated carbocycles. The van der Waals surface area contributed by atoms with Gasteiger partial charge in [-0.3, -0.25) is 4.79 Å². The molecule has 4 rings (SSSR count). The van der Waals surface area contributed by atoms with Crippen molar-refractivity contribution in [3.05, 3.63) is 58.7 Å². The SMILES string of the molecule is O=C(Nc1cccc(-c2nccs2)c1)C1CCN(c2ncc(C(F)(F)F)cc2Cl)CC1. The Bertz CT molecular complexity index is 1070. The highest BCUT2D eigenvalue weighted by Crippen LogP contribution is 2.35. The summed E-state index contributed by atoms with van der Waals surface area (Å²) in [5.41, 5.74) is 0.758. The summed E-state index contributed by atoms with van der Waals surface area (Å²) in [6.45, 7) is 0.963. The third kappa shape index (κ3) is 4.99. The minimum atomic E-state index is -4.49. The first-order valence-corrected chi connectivity index (χ1v) is 10.9. The van der Waals surface area contributed by atoms with Crippen molar-refractivity contribution in [1.29, 1.82) is 0 Å². The van der Waals surface area contributed by atoms with Gasteiger partial charge < -0.3 is 10.2 Å². The summed E-state index contributed by atoms with van der Waals surface area (Å²) in [6, 6.07) is 8.41. The van der Waals surface area contributed by atoms with Crippen LogP contribution in [-0.4, -0.2) is 29.0 Å². The van der Waals surface area contributed by atoms with Crippen LogP contribution in [0.3, 0.4) is 0 Å². The highest BCUT2D eigenvalue weighted by Gasteiger charge is 2.33. The Morgan fingerprint density at radius 2 is 1.97 bits per heavy atom. The molecule has 3 heterocycles. The van der Waals surface area contributed by atoms with E-state index in [1.54, 1.807) is 6.20 Å². The molecule has 162 valence electrons. The fraction of sp³-hybridized carbons (Fsp3) is 0.286. The van der Waals surface area contributed by atoms with Crippen molar-refractivity contribution in [3.63, 3.8) is 0 Å². The van der Waals surface area contributed by atoms with Crippen molar-refractivity contribution < 1.29 is 18.0 Å². The van der Waals surface area contributed by atoms with Gasteiger partial charge in [0.25, 0.3) is 0 Å². The maximum absolute atomic E-state index is 12.8. The number of nitrogens with zero attached hydrogens (tertiary/aromatic N) is 3. The minimum Gasteiger partial charge on any atom is -0.355 e. The maximum atomic E-state index is 12.8. The van der Waals surface area contributed by atoms with Gasteiger partial charge in [0.05, 0.1) is 10.6 Å². The van der Waals surface area contributed by atoms with Gasteiger partial charge in [-0.2, -0.15) is 13.2 Å². The summed E-state index contributed by atoms with van der Waals surface area (Å²) in [5.74, 6) is 0.0279. The lowest BCUT2D eigenvalue weighted by Gasteiger charge is -2.32. The zero-order valence-corrected chi connectivity index (χ0v) is 17.8. The number of hydrogen-bond donors (Lipinski definition) is 1. The van der Waals surface area contributed by atoms with E-state index in [2.05, 4.69) is 15.3 Å². The Labute approximate surface area is 185 Å². The molecule has 0 spiro atoms. The van der Waals surface area contributed by atoms with Gasteiger partial charge in [-0.1, -0.05) is 23.7 Å². The third-order valence-electron chi connectivity index (χ3n) is 5.12. The fourth-order valence-corrected chi connectivity index (χ4v) is 4.43. The zero-order chi connectivity index (χ0) is 22.0. The number of pyridine rings is 1. The average molecular weight is 467 g/mol. The molecule has 1 aliphatic heterocycles. The molecule has 0 radical (unpaired) electrons. The fourth-order valence-electron chi connectivity index (χ4n) is 3.51. The average Bonchev–Trinajstić information content (AvgIpc) is 3.28. The topological polar surface area (TPSA) is 58.1 Å². The molecule has 31 heavy (non-hydrogen) atoms. The van der Waals surface area contributed by atoms with Crippen LogP contribution in [0.15, 0.2) is 48.1 Å². The summed E-state index contributed by atoms with van der Waals surface area (Å²) in [6.07, 6.45) is -0.864. The molecule has 2 aromatic heterocycles. The Kier molecular flexibility index (Phi) is 6.15. The Balaban J connectivity index is 1.37. The van der Waals surface area contributed by atoms with Crippen molar-refractivity contribution in [1.82, 2.24) is 9.97 Å². The number of anilines is 2. The highest BCUT2D eigenvalue weighted by molar-refractivity contribution is 7.13. The smallest absolute Gasteiger partial charge is 0.355 e. The van der Waals surface area contributed by atoms with Gasteiger partial charge in [0.15, 0.2) is 0 Å². The van der Waals surface area contributed by atoms with Crippen LogP contribution in [0.5, 0.6) is 0 Å². The first-order valence-electron chi connectivity index (χ1n) is 9.60. The Morgan fingerprint density at radius 3 is 2.61 bits per heavy atom. The van der Waals surface area contributed by atoms with Crippen LogP contribution in [0.25, 0.3) is 10.6 Å². The molecule has 1 aromatic carbocycles. The van der Waals surface area contributed by atoms with Crippen molar-refractivity contribution in [2.75, 3.05) is 23.3 Å². The van der Waals surface area contributed by atoms with Gasteiger partial charge in [-0.05, 0) is 31.0 Å². The number of aromatic nitrogens is 2. The van der Waals surface area contributed by atoms with Gasteiger partial charge in [0, 0.05) is 48.0 Å². The van der Waals surface area contributed by atoms with Crippen LogP contribution in [0.2, 0.25) is 5.02 Å². The second-order valence-electron chi connectivity index (χ2n) is 7.20. The first-order chi connectivity index (χ1) is 14.8. The van der Waals surface area contributed by atoms with Crippen LogP contribution in [-0.2, 0) is 11.0 Å². The predicted octanol–water partition coefficient (Wildman–Crippen LogP) is 5.73. The summed E-state index contributed by atoms with van der Waals surface area (Å²) in [4.78, 5) is 22.7. The van der Waals surface area contributed by atoms with E-state index in [1.807, 2.05) is 34.5 Å². The van der Waals surface area contributed by atoms with E-state index >= 15 is 0 Å². The predicted molar refractivity (Wildman–Crippen MR) is 115 cm³/mol. The molecule has 10 heteroatoms. The van der Waals surface area contributed by atoms with E-state index in [1.165, 1.54) is 11.3 Å². The molecule has 5 nitrogen and oxygen atoms in total. The van der Waals surface area contributed by atoms with E-state index in [9.17, 15) is 18.0 Å². The molecule has 1 saturated heterocycles. The van der Waals surface area contributed by atoms with Crippen molar-refractivity contribution >= 4 is 40.4 Å². The summed E-state index contributed by atoms with van der Waals surface area (Å²) in [7, 11) is 0. The number of alkyl halides is 3. The molecule has 0 atom stereocenters. The largest absolute Gasteiger partial charge is 0.417 e.